The number of fused-ring (bicyclic) bond motifs is 3. The van der Waals surface area contributed by atoms with Crippen molar-refractivity contribution in [2.75, 3.05) is 11.9 Å². The van der Waals surface area contributed by atoms with Gasteiger partial charge in [-0.3, -0.25) is 19.6 Å². The summed E-state index contributed by atoms with van der Waals surface area (Å²) in [5.41, 5.74) is 9.26. The fraction of sp³-hybridized carbons (Fsp3) is 0.320. The highest BCUT2D eigenvalue weighted by atomic mass is 32.2. The minimum Gasteiger partial charge on any atom is -0.504 e. The summed E-state index contributed by atoms with van der Waals surface area (Å²) < 4.78 is 1.77. The molecule has 3 atom stereocenters. The topological polar surface area (TPSA) is 155 Å². The highest BCUT2D eigenvalue weighted by Crippen LogP contribution is 2.63. The Labute approximate surface area is 219 Å². The van der Waals surface area contributed by atoms with E-state index >= 15 is 0 Å². The third-order valence-corrected chi connectivity index (χ3v) is 10.1. The lowest BCUT2D eigenvalue weighted by atomic mass is 9.71. The van der Waals surface area contributed by atoms with E-state index in [4.69, 9.17) is 10.7 Å². The van der Waals surface area contributed by atoms with Gasteiger partial charge in [-0.2, -0.15) is 0 Å². The third-order valence-electron chi connectivity index (χ3n) is 7.58. The summed E-state index contributed by atoms with van der Waals surface area (Å²) in [7, 11) is 1.80. The smallest absolute Gasteiger partial charge is 0.320 e. The van der Waals surface area contributed by atoms with E-state index in [0.717, 1.165) is 44.8 Å². The first-order valence-corrected chi connectivity index (χ1v) is 13.6. The number of phenolic OH excluding ortho intramolecular Hbond substituents is 1. The van der Waals surface area contributed by atoms with Gasteiger partial charge in [-0.05, 0) is 30.6 Å². The first kappa shape index (κ1) is 22.8. The summed E-state index contributed by atoms with van der Waals surface area (Å²) in [4.78, 5) is 40.0. The van der Waals surface area contributed by atoms with Gasteiger partial charge in [0.15, 0.2) is 11.5 Å². The number of carbonyl (C=O) groups is 2. The van der Waals surface area contributed by atoms with Crippen LogP contribution in [0.15, 0.2) is 43.3 Å². The number of anilines is 1. The van der Waals surface area contributed by atoms with E-state index in [0.29, 0.717) is 28.2 Å². The van der Waals surface area contributed by atoms with Gasteiger partial charge in [0.05, 0.1) is 23.1 Å². The Morgan fingerprint density at radius 1 is 1.43 bits per heavy atom. The number of allylic oxidation sites excluding steroid dienone is 4. The Morgan fingerprint density at radius 2 is 2.27 bits per heavy atom. The summed E-state index contributed by atoms with van der Waals surface area (Å²) in [5, 5.41) is 26.1. The highest BCUT2D eigenvalue weighted by Gasteiger charge is 2.55. The van der Waals surface area contributed by atoms with Gasteiger partial charge in [0.2, 0.25) is 0 Å². The van der Waals surface area contributed by atoms with Gasteiger partial charge in [0.1, 0.15) is 27.5 Å². The number of carboxylic acids is 1. The van der Waals surface area contributed by atoms with Crippen molar-refractivity contribution < 1.29 is 19.8 Å². The number of carbonyl (C=O) groups excluding carboxylic acids is 1. The number of rotatable bonds is 5. The molecule has 37 heavy (non-hydrogen) atoms. The molecule has 1 unspecified atom stereocenters. The molecule has 188 valence electrons. The van der Waals surface area contributed by atoms with Crippen LogP contribution in [-0.4, -0.2) is 55.7 Å². The van der Waals surface area contributed by atoms with Gasteiger partial charge < -0.3 is 25.8 Å². The highest BCUT2D eigenvalue weighted by molar-refractivity contribution is 8.05. The predicted octanol–water partition coefficient (Wildman–Crippen LogP) is 1.24. The molecular weight excluding hydrogens is 512 g/mol. The molecule has 1 aromatic carbocycles. The van der Waals surface area contributed by atoms with Crippen molar-refractivity contribution >= 4 is 58.4 Å². The summed E-state index contributed by atoms with van der Waals surface area (Å²) in [6.07, 6.45) is 8.33. The zero-order chi connectivity index (χ0) is 25.6. The van der Waals surface area contributed by atoms with Crippen LogP contribution in [0.5, 0.6) is 5.75 Å². The number of aryl methyl sites for hydroxylation is 1. The molecule has 5 aliphatic rings. The molecule has 0 amide bonds. The fourth-order valence-electron chi connectivity index (χ4n) is 5.87. The Bertz CT molecular complexity index is 1670. The molecule has 5 heterocycles. The van der Waals surface area contributed by atoms with Crippen molar-refractivity contribution in [2.24, 2.45) is 22.8 Å². The van der Waals surface area contributed by atoms with Crippen molar-refractivity contribution in [1.82, 2.24) is 9.55 Å². The molecule has 1 aliphatic carbocycles. The van der Waals surface area contributed by atoms with Crippen LogP contribution in [0.25, 0.3) is 5.57 Å². The number of benzene rings is 1. The van der Waals surface area contributed by atoms with Gasteiger partial charge in [-0.25, -0.2) is 4.98 Å². The normalized spacial score (nSPS) is 25.0. The molecule has 4 aliphatic heterocycles. The van der Waals surface area contributed by atoms with E-state index < -0.39 is 17.4 Å². The molecule has 1 spiro atoms. The number of nitrogens with two attached hydrogens (primary N) is 1. The largest absolute Gasteiger partial charge is 0.504 e. The first-order chi connectivity index (χ1) is 17.8. The minimum atomic E-state index is -1.09. The lowest BCUT2D eigenvalue weighted by Gasteiger charge is -2.38. The Morgan fingerprint density at radius 3 is 3.08 bits per heavy atom. The molecule has 7 rings (SSSR count). The average Bonchev–Trinajstić information content (AvgIpc) is 3.53. The van der Waals surface area contributed by atoms with Crippen LogP contribution in [0, 0.1) is 0 Å². The summed E-state index contributed by atoms with van der Waals surface area (Å²) >= 11 is 2.91. The van der Waals surface area contributed by atoms with Crippen molar-refractivity contribution in [3.05, 3.63) is 50.1 Å². The summed E-state index contributed by atoms with van der Waals surface area (Å²) in [5.74, 6) is -1.14. The van der Waals surface area contributed by atoms with Gasteiger partial charge in [-0.1, -0.05) is 11.8 Å². The number of aliphatic imine (C=N–C) groups is 1. The predicted molar refractivity (Wildman–Crippen MR) is 141 cm³/mol. The van der Waals surface area contributed by atoms with Crippen molar-refractivity contribution in [1.29, 1.82) is 0 Å². The second-order valence-corrected chi connectivity index (χ2v) is 12.0. The maximum atomic E-state index is 12.9. The molecule has 2 aromatic rings. The maximum Gasteiger partial charge on any atom is 0.320 e. The number of nitrogens with one attached hydrogen (secondary N) is 1. The van der Waals surface area contributed by atoms with Crippen LogP contribution in [0.1, 0.15) is 24.1 Å². The molecule has 2 bridgehead atoms. The molecule has 1 saturated heterocycles. The van der Waals surface area contributed by atoms with Crippen LogP contribution in [0.3, 0.4) is 0 Å². The molecule has 12 heteroatoms. The van der Waals surface area contributed by atoms with Gasteiger partial charge >= 0.3 is 5.97 Å². The fourth-order valence-corrected chi connectivity index (χ4v) is 8.70. The van der Waals surface area contributed by atoms with E-state index in [1.54, 1.807) is 41.9 Å². The van der Waals surface area contributed by atoms with E-state index in [1.165, 1.54) is 11.8 Å². The number of carboxylic acid groups (broad SMARTS) is 1. The molecule has 10 nitrogen and oxygen atoms in total. The third kappa shape index (κ3) is 3.09. The van der Waals surface area contributed by atoms with E-state index in [2.05, 4.69) is 15.3 Å². The molecule has 1 aromatic heterocycles. The van der Waals surface area contributed by atoms with Crippen LogP contribution < -0.4 is 21.6 Å². The summed E-state index contributed by atoms with van der Waals surface area (Å²) in [6, 6.07) is -1.08. The van der Waals surface area contributed by atoms with E-state index in [9.17, 15) is 19.8 Å². The molecule has 5 N–H and O–H groups in total. The second kappa shape index (κ2) is 7.83. The van der Waals surface area contributed by atoms with Crippen molar-refractivity contribution in [3.63, 3.8) is 0 Å². The van der Waals surface area contributed by atoms with E-state index in [1.807, 2.05) is 6.21 Å². The number of hydrogen-bond donors (Lipinski definition) is 4. The molecular formula is C25H22N6O4S2. The van der Waals surface area contributed by atoms with Crippen LogP contribution in [0.4, 0.5) is 11.4 Å². The Kier molecular flexibility index (Phi) is 4.83. The Hall–Kier alpha value is -3.35. The van der Waals surface area contributed by atoms with E-state index in [-0.39, 0.29) is 23.3 Å². The first-order valence-electron chi connectivity index (χ1n) is 11.9. The number of thioether (sulfide) groups is 2. The maximum absolute atomic E-state index is 12.9. The quantitative estimate of drug-likeness (QED) is 0.415. The molecule has 0 saturated carbocycles. The average molecular weight is 535 g/mol. The number of nitrogens with zero attached hydrogens (tertiary/aromatic N) is 4. The zero-order valence-electron chi connectivity index (χ0n) is 19.7. The minimum absolute atomic E-state index is 0.0711. The number of ketones is 1. The number of hydrogen-bond acceptors (Lipinski definition) is 10. The SMILES string of the molecule is Cn1cnc(SC2=CC(=O)C=C3S[C@@H]4C[C@]23c2c3c5c(c(O)c2=N4)N=CC=5CCN3)c1CC(N)C(=O)O. The monoisotopic (exact) mass is 534 g/mol. The zero-order valence-corrected chi connectivity index (χ0v) is 21.3. The van der Waals surface area contributed by atoms with Crippen LogP contribution in [0.2, 0.25) is 0 Å². The molecule has 1 fully saturated rings. The van der Waals surface area contributed by atoms with Gasteiger partial charge in [-0.15, -0.1) is 11.8 Å². The molecule has 0 radical (unpaired) electrons. The lowest BCUT2D eigenvalue weighted by Crippen LogP contribution is -2.42. The van der Waals surface area contributed by atoms with Gasteiger partial charge in [0, 0.05) is 46.8 Å². The number of aliphatic carboxylic acids is 1. The number of phenols is 1. The van der Waals surface area contributed by atoms with Gasteiger partial charge in [0.25, 0.3) is 0 Å². The number of aromatic hydroxyl groups is 1. The van der Waals surface area contributed by atoms with Crippen molar-refractivity contribution in [3.8, 4) is 5.75 Å². The van der Waals surface area contributed by atoms with Crippen LogP contribution in [-0.2, 0) is 28.5 Å². The number of aromatic nitrogens is 2. The standard InChI is InChI=1S/C25H22N6O4S2/c1-31-9-29-23(13(31)6-12(26)24(34)35)37-15-5-11(32)4-14-25(15)7-16(36-14)30-21-18(25)19-17-10(2-3-27-19)8-28-20(17)22(21)33/h4-5,8-9,12,16,27,33H,2-3,6-7,26H2,1H3,(H,34,35)/t12?,16-,25-/m1/s1. The van der Waals surface area contributed by atoms with Crippen molar-refractivity contribution in [2.45, 2.75) is 41.1 Å². The lowest BCUT2D eigenvalue weighted by molar-refractivity contribution is -0.138. The number of imidazole rings is 1. The van der Waals surface area contributed by atoms with Crippen LogP contribution >= 0.6 is 23.5 Å². The summed E-state index contributed by atoms with van der Waals surface area (Å²) in [6.45, 7) is 0.735. The Balaban J connectivity index is 1.44. The second-order valence-electron chi connectivity index (χ2n) is 9.72.